The van der Waals surface area contributed by atoms with Crippen LogP contribution in [-0.2, 0) is 19.1 Å². The van der Waals surface area contributed by atoms with Gasteiger partial charge in [0.2, 0.25) is 11.8 Å². The number of carboxylic acid groups (broad SMARTS) is 1. The number of hydrogen-bond acceptors (Lipinski definition) is 5. The SMILES string of the molecule is C[C@H](NC(=O)OCC1c2ccccc2-c2ccccc21)C(=O)N[C@@H](CC(N)=O)C(=O)O. The number of hydrogen-bond donors (Lipinski definition) is 4. The van der Waals surface area contributed by atoms with E-state index in [0.717, 1.165) is 22.3 Å². The summed E-state index contributed by atoms with van der Waals surface area (Å²) in [4.78, 5) is 46.5. The maximum Gasteiger partial charge on any atom is 0.407 e. The topological polar surface area (TPSA) is 148 Å². The highest BCUT2D eigenvalue weighted by molar-refractivity contribution is 5.91. The summed E-state index contributed by atoms with van der Waals surface area (Å²) in [6.07, 6.45) is -1.37. The van der Waals surface area contributed by atoms with E-state index in [1.54, 1.807) is 0 Å². The Balaban J connectivity index is 1.58. The molecule has 0 bridgehead atoms. The van der Waals surface area contributed by atoms with Gasteiger partial charge in [-0.25, -0.2) is 9.59 Å². The number of alkyl carbamates (subject to hydrolysis) is 1. The molecule has 31 heavy (non-hydrogen) atoms. The molecule has 1 aliphatic rings. The second-order valence-corrected chi connectivity index (χ2v) is 7.26. The summed E-state index contributed by atoms with van der Waals surface area (Å²) in [5, 5.41) is 13.6. The van der Waals surface area contributed by atoms with Gasteiger partial charge in [-0.15, -0.1) is 0 Å². The molecule has 5 N–H and O–H groups in total. The number of primary amides is 1. The lowest BCUT2D eigenvalue weighted by Gasteiger charge is -2.19. The van der Waals surface area contributed by atoms with Crippen molar-refractivity contribution in [2.24, 2.45) is 5.73 Å². The number of fused-ring (bicyclic) bond motifs is 3. The molecular formula is C22H23N3O6. The number of nitrogens with two attached hydrogens (primary N) is 1. The van der Waals surface area contributed by atoms with Crippen molar-refractivity contribution in [3.8, 4) is 11.1 Å². The first-order valence-electron chi connectivity index (χ1n) is 9.71. The van der Waals surface area contributed by atoms with Gasteiger partial charge in [0, 0.05) is 5.92 Å². The minimum atomic E-state index is -1.48. The van der Waals surface area contributed by atoms with E-state index < -0.39 is 42.4 Å². The van der Waals surface area contributed by atoms with Gasteiger partial charge in [-0.2, -0.15) is 0 Å². The van der Waals surface area contributed by atoms with Gasteiger partial charge >= 0.3 is 12.1 Å². The molecule has 0 aliphatic heterocycles. The minimum Gasteiger partial charge on any atom is -0.480 e. The Bertz CT molecular complexity index is 976. The number of nitrogens with one attached hydrogen (secondary N) is 2. The Labute approximate surface area is 178 Å². The molecule has 0 radical (unpaired) electrons. The highest BCUT2D eigenvalue weighted by Gasteiger charge is 2.30. The summed E-state index contributed by atoms with van der Waals surface area (Å²) in [5.74, 6) is -3.18. The molecule has 3 rings (SSSR count). The number of aliphatic carboxylic acids is 1. The standard InChI is InChI=1S/C22H23N3O6/c1-12(20(27)25-18(21(28)29)10-19(23)26)24-22(30)31-11-17-15-8-4-2-6-13(15)14-7-3-5-9-16(14)17/h2-9,12,17-18H,10-11H2,1H3,(H2,23,26)(H,24,30)(H,25,27)(H,28,29)/t12-,18-/m0/s1. The lowest BCUT2D eigenvalue weighted by atomic mass is 9.98. The Morgan fingerprint density at radius 1 is 1.00 bits per heavy atom. The lowest BCUT2D eigenvalue weighted by Crippen LogP contribution is -2.51. The Hall–Kier alpha value is -3.88. The Morgan fingerprint density at radius 3 is 2.06 bits per heavy atom. The molecule has 0 fully saturated rings. The zero-order valence-corrected chi connectivity index (χ0v) is 16.8. The van der Waals surface area contributed by atoms with Crippen molar-refractivity contribution in [2.45, 2.75) is 31.3 Å². The quantitative estimate of drug-likeness (QED) is 0.502. The second kappa shape index (κ2) is 9.29. The van der Waals surface area contributed by atoms with E-state index >= 15 is 0 Å². The molecule has 0 spiro atoms. The Kier molecular flexibility index (Phi) is 6.54. The van der Waals surface area contributed by atoms with Crippen LogP contribution in [0, 0.1) is 0 Å². The van der Waals surface area contributed by atoms with Crippen LogP contribution in [0.25, 0.3) is 11.1 Å². The van der Waals surface area contributed by atoms with Gasteiger partial charge in [0.1, 0.15) is 18.7 Å². The number of amides is 3. The summed E-state index contributed by atoms with van der Waals surface area (Å²) < 4.78 is 5.36. The fourth-order valence-electron chi connectivity index (χ4n) is 3.58. The maximum atomic E-state index is 12.2. The van der Waals surface area contributed by atoms with E-state index in [4.69, 9.17) is 15.6 Å². The first kappa shape index (κ1) is 21.8. The summed E-state index contributed by atoms with van der Waals surface area (Å²) in [5.41, 5.74) is 9.28. The van der Waals surface area contributed by atoms with Crippen LogP contribution in [0.3, 0.4) is 0 Å². The third-order valence-electron chi connectivity index (χ3n) is 5.09. The fourth-order valence-corrected chi connectivity index (χ4v) is 3.58. The monoisotopic (exact) mass is 425 g/mol. The van der Waals surface area contributed by atoms with Crippen LogP contribution in [0.4, 0.5) is 4.79 Å². The van der Waals surface area contributed by atoms with E-state index in [2.05, 4.69) is 10.6 Å². The van der Waals surface area contributed by atoms with Crippen LogP contribution < -0.4 is 16.4 Å². The summed E-state index contributed by atoms with van der Waals surface area (Å²) in [6, 6.07) is 13.2. The predicted octanol–water partition coefficient (Wildman–Crippen LogP) is 1.36. The molecule has 2 aromatic rings. The summed E-state index contributed by atoms with van der Waals surface area (Å²) in [6.45, 7) is 1.45. The lowest BCUT2D eigenvalue weighted by molar-refractivity contribution is -0.143. The van der Waals surface area contributed by atoms with Crippen molar-refractivity contribution < 1.29 is 29.0 Å². The summed E-state index contributed by atoms with van der Waals surface area (Å²) in [7, 11) is 0. The first-order chi connectivity index (χ1) is 14.8. The fraction of sp³-hybridized carbons (Fsp3) is 0.273. The number of benzene rings is 2. The van der Waals surface area contributed by atoms with E-state index in [-0.39, 0.29) is 12.5 Å². The van der Waals surface area contributed by atoms with Crippen molar-refractivity contribution in [3.63, 3.8) is 0 Å². The zero-order valence-electron chi connectivity index (χ0n) is 16.8. The summed E-state index contributed by atoms with van der Waals surface area (Å²) >= 11 is 0. The third kappa shape index (κ3) is 5.00. The molecule has 9 nitrogen and oxygen atoms in total. The minimum absolute atomic E-state index is 0.0770. The van der Waals surface area contributed by atoms with Gasteiger partial charge in [-0.1, -0.05) is 48.5 Å². The number of carboxylic acids is 1. The van der Waals surface area contributed by atoms with Gasteiger partial charge in [0.05, 0.1) is 6.42 Å². The molecule has 2 atom stereocenters. The van der Waals surface area contributed by atoms with E-state index in [0.29, 0.717) is 0 Å². The van der Waals surface area contributed by atoms with Crippen molar-refractivity contribution >= 4 is 23.9 Å². The molecule has 0 aromatic heterocycles. The zero-order chi connectivity index (χ0) is 22.5. The van der Waals surface area contributed by atoms with Crippen LogP contribution in [0.2, 0.25) is 0 Å². The average molecular weight is 425 g/mol. The van der Waals surface area contributed by atoms with Crippen LogP contribution >= 0.6 is 0 Å². The third-order valence-corrected chi connectivity index (χ3v) is 5.09. The molecule has 3 amide bonds. The van der Waals surface area contributed by atoms with Crippen molar-refractivity contribution in [2.75, 3.05) is 6.61 Å². The normalized spacial score (nSPS) is 14.0. The van der Waals surface area contributed by atoms with Crippen molar-refractivity contribution in [1.29, 1.82) is 0 Å². The second-order valence-electron chi connectivity index (χ2n) is 7.26. The molecule has 0 unspecified atom stereocenters. The van der Waals surface area contributed by atoms with Crippen molar-refractivity contribution in [1.82, 2.24) is 10.6 Å². The first-order valence-corrected chi connectivity index (χ1v) is 9.71. The maximum absolute atomic E-state index is 12.2. The molecular weight excluding hydrogens is 402 g/mol. The molecule has 0 heterocycles. The van der Waals surface area contributed by atoms with Crippen LogP contribution in [0.15, 0.2) is 48.5 Å². The van der Waals surface area contributed by atoms with E-state index in [1.807, 2.05) is 48.5 Å². The molecule has 9 heteroatoms. The number of rotatable bonds is 8. The molecule has 0 saturated heterocycles. The highest BCUT2D eigenvalue weighted by Crippen LogP contribution is 2.44. The van der Waals surface area contributed by atoms with Crippen LogP contribution in [0.1, 0.15) is 30.4 Å². The number of carbonyl (C=O) groups is 4. The number of carbonyl (C=O) groups excluding carboxylic acids is 3. The molecule has 162 valence electrons. The van der Waals surface area contributed by atoms with Crippen molar-refractivity contribution in [3.05, 3.63) is 59.7 Å². The molecule has 2 aromatic carbocycles. The highest BCUT2D eigenvalue weighted by atomic mass is 16.5. The average Bonchev–Trinajstić information content (AvgIpc) is 3.05. The van der Waals surface area contributed by atoms with Gasteiger partial charge in [-0.05, 0) is 29.2 Å². The predicted molar refractivity (Wildman–Crippen MR) is 111 cm³/mol. The van der Waals surface area contributed by atoms with Gasteiger partial charge in [-0.3, -0.25) is 9.59 Å². The van der Waals surface area contributed by atoms with E-state index in [9.17, 15) is 19.2 Å². The van der Waals surface area contributed by atoms with Gasteiger partial charge < -0.3 is 26.2 Å². The Morgan fingerprint density at radius 2 is 1.55 bits per heavy atom. The smallest absolute Gasteiger partial charge is 0.407 e. The van der Waals surface area contributed by atoms with Crippen LogP contribution in [-0.4, -0.2) is 47.7 Å². The number of ether oxygens (including phenoxy) is 1. The van der Waals surface area contributed by atoms with Gasteiger partial charge in [0.15, 0.2) is 0 Å². The van der Waals surface area contributed by atoms with Crippen LogP contribution in [0.5, 0.6) is 0 Å². The molecule has 1 aliphatic carbocycles. The molecule has 0 saturated carbocycles. The largest absolute Gasteiger partial charge is 0.480 e. The van der Waals surface area contributed by atoms with Gasteiger partial charge in [0.25, 0.3) is 0 Å². The van der Waals surface area contributed by atoms with E-state index in [1.165, 1.54) is 6.92 Å².